The number of aliphatic carboxylic acids is 1. The molecule has 2 aromatic heterocycles. The number of carboxylic acid groups (broad SMARTS) is 1. The maximum atomic E-state index is 11.7. The summed E-state index contributed by atoms with van der Waals surface area (Å²) in [6, 6.07) is 18.9. The van der Waals surface area contributed by atoms with Gasteiger partial charge in [0.25, 0.3) is 0 Å². The van der Waals surface area contributed by atoms with E-state index in [2.05, 4.69) is 5.10 Å². The van der Waals surface area contributed by atoms with E-state index in [0.717, 1.165) is 16.6 Å². The number of nitrogens with two attached hydrogens (primary N) is 1. The summed E-state index contributed by atoms with van der Waals surface area (Å²) in [5.74, 6) is -0.365. The van der Waals surface area contributed by atoms with Crippen LogP contribution in [0.2, 0.25) is 0 Å². The van der Waals surface area contributed by atoms with Gasteiger partial charge in [-0.2, -0.15) is 0 Å². The van der Waals surface area contributed by atoms with Gasteiger partial charge in [-0.3, -0.25) is 4.79 Å². The van der Waals surface area contributed by atoms with E-state index >= 15 is 0 Å². The molecule has 3 N–H and O–H groups in total. The van der Waals surface area contributed by atoms with Crippen LogP contribution in [-0.2, 0) is 17.9 Å². The normalized spacial score (nSPS) is 12.1. The van der Waals surface area contributed by atoms with Gasteiger partial charge in [0.15, 0.2) is 5.82 Å². The Morgan fingerprint density at radius 3 is 2.77 bits per heavy atom. The predicted octanol–water partition coefficient (Wildman–Crippen LogP) is 4.01. The van der Waals surface area contributed by atoms with Crippen LogP contribution in [0.15, 0.2) is 66.9 Å². The Morgan fingerprint density at radius 2 is 2.00 bits per heavy atom. The lowest BCUT2D eigenvalue weighted by Crippen LogP contribution is -2.13. The highest BCUT2D eigenvalue weighted by molar-refractivity contribution is 5.77. The minimum absolute atomic E-state index is 0.187. The summed E-state index contributed by atoms with van der Waals surface area (Å²) < 4.78 is 7.85. The Bertz CT molecular complexity index is 1220. The van der Waals surface area contributed by atoms with Gasteiger partial charge in [0, 0.05) is 23.9 Å². The van der Waals surface area contributed by atoms with E-state index in [1.54, 1.807) is 16.6 Å². The van der Waals surface area contributed by atoms with Crippen LogP contribution in [0.1, 0.15) is 36.1 Å². The molecule has 4 rings (SSSR count). The zero-order valence-corrected chi connectivity index (χ0v) is 17.2. The summed E-state index contributed by atoms with van der Waals surface area (Å²) in [6.07, 6.45) is 2.34. The second kappa shape index (κ2) is 8.97. The zero-order chi connectivity index (χ0) is 21.8. The average Bonchev–Trinajstić information content (AvgIpc) is 3.27. The van der Waals surface area contributed by atoms with E-state index < -0.39 is 11.9 Å². The molecular weight excluding hydrogens is 392 g/mol. The third kappa shape index (κ3) is 4.27. The van der Waals surface area contributed by atoms with Crippen molar-refractivity contribution in [3.8, 4) is 17.1 Å². The first-order valence-corrected chi connectivity index (χ1v) is 10.2. The van der Waals surface area contributed by atoms with Gasteiger partial charge in [-0.25, -0.2) is 9.50 Å². The molecule has 0 aliphatic rings. The second-order valence-corrected chi connectivity index (χ2v) is 7.25. The van der Waals surface area contributed by atoms with E-state index in [-0.39, 0.29) is 6.61 Å². The molecule has 2 aromatic carbocycles. The van der Waals surface area contributed by atoms with Gasteiger partial charge in [-0.1, -0.05) is 43.3 Å². The number of para-hydroxylation sites is 1. The number of nitrogens with zero attached hydrogens (tertiary/aromatic N) is 3. The van der Waals surface area contributed by atoms with Gasteiger partial charge in [0.05, 0.1) is 11.4 Å². The van der Waals surface area contributed by atoms with Crippen LogP contribution in [0.3, 0.4) is 0 Å². The summed E-state index contributed by atoms with van der Waals surface area (Å²) >= 11 is 0. The number of hydrogen-bond acceptors (Lipinski definition) is 5. The summed E-state index contributed by atoms with van der Waals surface area (Å²) in [5.41, 5.74) is 9.86. The van der Waals surface area contributed by atoms with Crippen molar-refractivity contribution < 1.29 is 14.6 Å². The fourth-order valence-corrected chi connectivity index (χ4v) is 3.64. The molecule has 4 aromatic rings. The summed E-state index contributed by atoms with van der Waals surface area (Å²) in [6.45, 7) is 2.48. The summed E-state index contributed by atoms with van der Waals surface area (Å²) in [5, 5.41) is 14.2. The maximum absolute atomic E-state index is 11.7. The fraction of sp³-hybridized carbons (Fsp3) is 0.208. The molecule has 0 bridgehead atoms. The van der Waals surface area contributed by atoms with Crippen molar-refractivity contribution in [3.05, 3.63) is 83.7 Å². The Kier molecular flexibility index (Phi) is 5.95. The minimum Gasteiger partial charge on any atom is -0.487 e. The Balaban J connectivity index is 1.68. The number of carbonyl (C=O) groups is 1. The smallest absolute Gasteiger partial charge is 0.311 e. The number of carboxylic acids is 1. The van der Waals surface area contributed by atoms with Crippen LogP contribution in [0, 0.1) is 0 Å². The van der Waals surface area contributed by atoms with Crippen LogP contribution < -0.4 is 10.5 Å². The molecule has 158 valence electrons. The second-order valence-electron chi connectivity index (χ2n) is 7.25. The molecule has 0 saturated heterocycles. The van der Waals surface area contributed by atoms with Crippen molar-refractivity contribution in [1.29, 1.82) is 0 Å². The number of rotatable bonds is 8. The van der Waals surface area contributed by atoms with Crippen LogP contribution in [0.5, 0.6) is 5.75 Å². The van der Waals surface area contributed by atoms with Crippen molar-refractivity contribution in [2.24, 2.45) is 5.73 Å². The van der Waals surface area contributed by atoms with Gasteiger partial charge >= 0.3 is 5.97 Å². The molecule has 7 nitrogen and oxygen atoms in total. The molecule has 0 aliphatic heterocycles. The van der Waals surface area contributed by atoms with E-state index in [9.17, 15) is 9.90 Å². The van der Waals surface area contributed by atoms with Gasteiger partial charge in [0.2, 0.25) is 0 Å². The molecule has 0 spiro atoms. The van der Waals surface area contributed by atoms with E-state index in [1.807, 2.05) is 61.7 Å². The molecular formula is C24H24N4O3. The third-order valence-electron chi connectivity index (χ3n) is 5.25. The number of fused-ring (bicyclic) bond motifs is 1. The maximum Gasteiger partial charge on any atom is 0.311 e. The lowest BCUT2D eigenvalue weighted by Gasteiger charge is -2.16. The first kappa shape index (κ1) is 20.6. The lowest BCUT2D eigenvalue weighted by molar-refractivity contribution is -0.138. The van der Waals surface area contributed by atoms with Crippen LogP contribution >= 0.6 is 0 Å². The highest BCUT2D eigenvalue weighted by atomic mass is 16.5. The Hall–Kier alpha value is -3.71. The lowest BCUT2D eigenvalue weighted by atomic mass is 9.96. The number of hydrogen-bond donors (Lipinski definition) is 2. The third-order valence-corrected chi connectivity index (χ3v) is 5.25. The molecule has 1 atom stereocenters. The SMILES string of the molecule is CCC(C(=O)O)c1ccccc1OCc1nc(-c2cccc(CN)c2)nn2cccc12. The van der Waals surface area contributed by atoms with Gasteiger partial charge in [-0.15, -0.1) is 5.10 Å². The van der Waals surface area contributed by atoms with Crippen molar-refractivity contribution in [1.82, 2.24) is 14.6 Å². The molecule has 1 unspecified atom stereocenters. The number of benzene rings is 2. The van der Waals surface area contributed by atoms with Gasteiger partial charge in [0.1, 0.15) is 18.1 Å². The Labute approximate surface area is 180 Å². The topological polar surface area (TPSA) is 103 Å². The van der Waals surface area contributed by atoms with Crippen molar-refractivity contribution in [2.45, 2.75) is 32.4 Å². The van der Waals surface area contributed by atoms with Crippen LogP contribution in [0.4, 0.5) is 0 Å². The zero-order valence-electron chi connectivity index (χ0n) is 17.2. The Morgan fingerprint density at radius 1 is 1.16 bits per heavy atom. The van der Waals surface area contributed by atoms with Crippen molar-refractivity contribution >= 4 is 11.5 Å². The first-order valence-electron chi connectivity index (χ1n) is 10.2. The van der Waals surface area contributed by atoms with E-state index in [1.165, 1.54) is 0 Å². The average molecular weight is 416 g/mol. The fourth-order valence-electron chi connectivity index (χ4n) is 3.64. The highest BCUT2D eigenvalue weighted by Gasteiger charge is 2.21. The molecule has 0 amide bonds. The molecule has 0 saturated carbocycles. The van der Waals surface area contributed by atoms with E-state index in [0.29, 0.717) is 35.8 Å². The molecule has 0 radical (unpaired) electrons. The van der Waals surface area contributed by atoms with Crippen LogP contribution in [0.25, 0.3) is 16.9 Å². The van der Waals surface area contributed by atoms with Crippen LogP contribution in [-0.4, -0.2) is 25.7 Å². The highest BCUT2D eigenvalue weighted by Crippen LogP contribution is 2.30. The summed E-state index contributed by atoms with van der Waals surface area (Å²) in [4.78, 5) is 16.4. The predicted molar refractivity (Wildman–Crippen MR) is 118 cm³/mol. The monoisotopic (exact) mass is 416 g/mol. The quantitative estimate of drug-likeness (QED) is 0.450. The summed E-state index contributed by atoms with van der Waals surface area (Å²) in [7, 11) is 0. The molecule has 0 aliphatic carbocycles. The minimum atomic E-state index is -0.864. The van der Waals surface area contributed by atoms with Gasteiger partial charge in [-0.05, 0) is 36.2 Å². The molecule has 31 heavy (non-hydrogen) atoms. The largest absolute Gasteiger partial charge is 0.487 e. The number of aromatic nitrogens is 3. The van der Waals surface area contributed by atoms with E-state index in [4.69, 9.17) is 15.5 Å². The molecule has 2 heterocycles. The standard InChI is InChI=1S/C24H24N4O3/c1-2-18(24(29)30)19-9-3-4-11-22(19)31-15-20-21-10-6-12-28(21)27-23(26-20)17-8-5-7-16(13-17)14-25/h3-13,18H,2,14-15,25H2,1H3,(H,29,30). The first-order chi connectivity index (χ1) is 15.1. The van der Waals surface area contributed by atoms with Gasteiger partial charge < -0.3 is 15.6 Å². The number of ether oxygens (including phenoxy) is 1. The molecule has 0 fully saturated rings. The van der Waals surface area contributed by atoms with Crippen molar-refractivity contribution in [3.63, 3.8) is 0 Å². The molecule has 7 heteroatoms. The van der Waals surface area contributed by atoms with Crippen molar-refractivity contribution in [2.75, 3.05) is 0 Å².